The molecule has 60 valence electrons. The van der Waals surface area contributed by atoms with E-state index in [2.05, 4.69) is 11.9 Å². The maximum absolute atomic E-state index is 5.63. The van der Waals surface area contributed by atoms with Gasteiger partial charge < -0.3 is 0 Å². The summed E-state index contributed by atoms with van der Waals surface area (Å²) < 4.78 is 0. The van der Waals surface area contributed by atoms with Crippen LogP contribution in [-0.2, 0) is 5.75 Å². The minimum atomic E-state index is 0.565. The molecular weight excluding hydrogens is 178 g/mol. The van der Waals surface area contributed by atoms with Gasteiger partial charge >= 0.3 is 0 Å². The Bertz CT molecular complexity index is 210. The number of aromatic nitrogens is 1. The van der Waals surface area contributed by atoms with Gasteiger partial charge in [0.2, 0.25) is 0 Å². The van der Waals surface area contributed by atoms with Crippen molar-refractivity contribution in [2.45, 2.75) is 12.7 Å². The fourth-order valence-corrected chi connectivity index (χ4v) is 1.43. The molecule has 0 unspecified atom stereocenters. The van der Waals surface area contributed by atoms with Crippen LogP contribution in [0.25, 0.3) is 0 Å². The molecule has 0 N–H and O–H groups in total. The molecule has 0 amide bonds. The quantitative estimate of drug-likeness (QED) is 0.675. The lowest BCUT2D eigenvalue weighted by Crippen LogP contribution is -1.82. The van der Waals surface area contributed by atoms with Gasteiger partial charge in [-0.05, 0) is 17.4 Å². The van der Waals surface area contributed by atoms with Crippen molar-refractivity contribution in [2.75, 3.05) is 5.75 Å². The monoisotopic (exact) mass is 187 g/mol. The first kappa shape index (κ1) is 8.88. The molecular formula is C8H10ClNS. The molecule has 1 nitrogen and oxygen atoms in total. The molecule has 0 bridgehead atoms. The van der Waals surface area contributed by atoms with Crippen molar-refractivity contribution >= 4 is 23.4 Å². The highest BCUT2D eigenvalue weighted by atomic mass is 35.5. The molecule has 0 radical (unpaired) electrons. The van der Waals surface area contributed by atoms with Gasteiger partial charge in [-0.1, -0.05) is 24.6 Å². The zero-order valence-corrected chi connectivity index (χ0v) is 7.95. The molecule has 1 aromatic heterocycles. The molecule has 0 fully saturated rings. The number of hydrogen-bond donors (Lipinski definition) is 0. The van der Waals surface area contributed by atoms with Gasteiger partial charge in [-0.15, -0.1) is 0 Å². The first-order chi connectivity index (χ1) is 5.33. The van der Waals surface area contributed by atoms with Crippen molar-refractivity contribution in [1.29, 1.82) is 0 Å². The standard InChI is InChI=1S/C8H10ClNS/c1-2-11-6-7-3-4-8(9)10-5-7/h3-5H,2,6H2,1H3. The van der Waals surface area contributed by atoms with Crippen molar-refractivity contribution < 1.29 is 0 Å². The van der Waals surface area contributed by atoms with Crippen LogP contribution in [0.2, 0.25) is 5.15 Å². The highest BCUT2D eigenvalue weighted by Gasteiger charge is 1.92. The summed E-state index contributed by atoms with van der Waals surface area (Å²) in [6, 6.07) is 3.84. The Morgan fingerprint density at radius 2 is 2.36 bits per heavy atom. The summed E-state index contributed by atoms with van der Waals surface area (Å²) in [5.41, 5.74) is 1.24. The molecule has 1 rings (SSSR count). The minimum absolute atomic E-state index is 0.565. The van der Waals surface area contributed by atoms with E-state index in [1.165, 1.54) is 5.56 Å². The van der Waals surface area contributed by atoms with E-state index in [9.17, 15) is 0 Å². The first-order valence-corrected chi connectivity index (χ1v) is 5.04. The van der Waals surface area contributed by atoms with Crippen LogP contribution in [-0.4, -0.2) is 10.7 Å². The summed E-state index contributed by atoms with van der Waals surface area (Å²) in [6.45, 7) is 2.15. The summed E-state index contributed by atoms with van der Waals surface area (Å²) in [7, 11) is 0. The van der Waals surface area contributed by atoms with Crippen LogP contribution in [0.5, 0.6) is 0 Å². The third-order valence-electron chi connectivity index (χ3n) is 1.26. The molecule has 1 heterocycles. The van der Waals surface area contributed by atoms with E-state index in [4.69, 9.17) is 11.6 Å². The van der Waals surface area contributed by atoms with Gasteiger partial charge in [0.1, 0.15) is 5.15 Å². The second-order valence-corrected chi connectivity index (χ2v) is 3.79. The summed E-state index contributed by atoms with van der Waals surface area (Å²) in [5, 5.41) is 0.565. The second-order valence-electron chi connectivity index (χ2n) is 2.13. The first-order valence-electron chi connectivity index (χ1n) is 3.51. The smallest absolute Gasteiger partial charge is 0.129 e. The highest BCUT2D eigenvalue weighted by molar-refractivity contribution is 7.98. The van der Waals surface area contributed by atoms with Crippen molar-refractivity contribution in [3.05, 3.63) is 29.0 Å². The summed E-state index contributed by atoms with van der Waals surface area (Å²) in [5.74, 6) is 2.17. The minimum Gasteiger partial charge on any atom is -0.244 e. The lowest BCUT2D eigenvalue weighted by molar-refractivity contribution is 1.25. The van der Waals surface area contributed by atoms with Gasteiger partial charge in [0, 0.05) is 11.9 Å². The van der Waals surface area contributed by atoms with Crippen LogP contribution >= 0.6 is 23.4 Å². The maximum atomic E-state index is 5.63. The fourth-order valence-electron chi connectivity index (χ4n) is 0.712. The fraction of sp³-hybridized carbons (Fsp3) is 0.375. The van der Waals surface area contributed by atoms with E-state index >= 15 is 0 Å². The number of halogens is 1. The van der Waals surface area contributed by atoms with E-state index < -0.39 is 0 Å². The molecule has 0 aromatic carbocycles. The van der Waals surface area contributed by atoms with Crippen molar-refractivity contribution in [2.24, 2.45) is 0 Å². The predicted molar refractivity (Wildman–Crippen MR) is 51.1 cm³/mol. The third-order valence-corrected chi connectivity index (χ3v) is 2.43. The van der Waals surface area contributed by atoms with Crippen LogP contribution in [0.4, 0.5) is 0 Å². The topological polar surface area (TPSA) is 12.9 Å². The summed E-state index contributed by atoms with van der Waals surface area (Å²) >= 11 is 7.51. The number of pyridine rings is 1. The number of nitrogens with zero attached hydrogens (tertiary/aromatic N) is 1. The van der Waals surface area contributed by atoms with Crippen LogP contribution in [0, 0.1) is 0 Å². The largest absolute Gasteiger partial charge is 0.244 e. The van der Waals surface area contributed by atoms with Gasteiger partial charge in [-0.2, -0.15) is 11.8 Å². The van der Waals surface area contributed by atoms with Crippen molar-refractivity contribution in [3.8, 4) is 0 Å². The molecule has 0 spiro atoms. The Balaban J connectivity index is 2.52. The van der Waals surface area contributed by atoms with Crippen LogP contribution in [0.15, 0.2) is 18.3 Å². The zero-order valence-electron chi connectivity index (χ0n) is 6.38. The second kappa shape index (κ2) is 4.62. The number of thioether (sulfide) groups is 1. The Kier molecular flexibility index (Phi) is 3.73. The number of rotatable bonds is 3. The Hall–Kier alpha value is -0.210. The average molecular weight is 188 g/mol. The predicted octanol–water partition coefficient (Wildman–Crippen LogP) is 2.99. The molecule has 0 aliphatic rings. The van der Waals surface area contributed by atoms with Crippen LogP contribution in [0.1, 0.15) is 12.5 Å². The zero-order chi connectivity index (χ0) is 8.10. The number of hydrogen-bond acceptors (Lipinski definition) is 2. The molecule has 0 atom stereocenters. The average Bonchev–Trinajstić information content (AvgIpc) is 2.04. The Morgan fingerprint density at radius 3 is 2.91 bits per heavy atom. The molecule has 0 saturated heterocycles. The van der Waals surface area contributed by atoms with Gasteiger partial charge in [-0.25, -0.2) is 4.98 Å². The van der Waals surface area contributed by atoms with Crippen LogP contribution in [0.3, 0.4) is 0 Å². The van der Waals surface area contributed by atoms with Crippen molar-refractivity contribution in [3.63, 3.8) is 0 Å². The maximum Gasteiger partial charge on any atom is 0.129 e. The normalized spacial score (nSPS) is 10.0. The summed E-state index contributed by atoms with van der Waals surface area (Å²) in [4.78, 5) is 3.98. The Labute approximate surface area is 76.2 Å². The molecule has 11 heavy (non-hydrogen) atoms. The molecule has 0 aliphatic carbocycles. The lowest BCUT2D eigenvalue weighted by atomic mass is 10.3. The van der Waals surface area contributed by atoms with Gasteiger partial charge in [0.25, 0.3) is 0 Å². The highest BCUT2D eigenvalue weighted by Crippen LogP contribution is 2.12. The molecule has 3 heteroatoms. The van der Waals surface area contributed by atoms with Crippen molar-refractivity contribution in [1.82, 2.24) is 4.98 Å². The van der Waals surface area contributed by atoms with E-state index in [-0.39, 0.29) is 0 Å². The van der Waals surface area contributed by atoms with E-state index in [0.717, 1.165) is 11.5 Å². The summed E-state index contributed by atoms with van der Waals surface area (Å²) in [6.07, 6.45) is 1.82. The van der Waals surface area contributed by atoms with E-state index in [1.807, 2.05) is 30.1 Å². The van der Waals surface area contributed by atoms with Gasteiger partial charge in [-0.3, -0.25) is 0 Å². The lowest BCUT2D eigenvalue weighted by Gasteiger charge is -1.97. The van der Waals surface area contributed by atoms with Gasteiger partial charge in [0.15, 0.2) is 0 Å². The molecule has 0 saturated carbocycles. The van der Waals surface area contributed by atoms with Crippen LogP contribution < -0.4 is 0 Å². The van der Waals surface area contributed by atoms with E-state index in [0.29, 0.717) is 5.15 Å². The van der Waals surface area contributed by atoms with Gasteiger partial charge in [0.05, 0.1) is 0 Å². The third kappa shape index (κ3) is 3.12. The SMILES string of the molecule is CCSCc1ccc(Cl)nc1. The molecule has 0 aliphatic heterocycles. The van der Waals surface area contributed by atoms with E-state index in [1.54, 1.807) is 0 Å². The Morgan fingerprint density at radius 1 is 1.55 bits per heavy atom. The molecule has 1 aromatic rings.